The van der Waals surface area contributed by atoms with E-state index in [1.165, 1.54) is 5.57 Å². The highest BCUT2D eigenvalue weighted by Gasteiger charge is 2.06. The molecule has 0 unspecified atom stereocenters. The van der Waals surface area contributed by atoms with Crippen LogP contribution in [0.25, 0.3) is 0 Å². The highest BCUT2D eigenvalue weighted by Crippen LogP contribution is 2.14. The molecule has 2 heteroatoms. The number of aliphatic imine (C=N–C) groups is 1. The third-order valence-electron chi connectivity index (χ3n) is 1.79. The van der Waals surface area contributed by atoms with Gasteiger partial charge in [-0.05, 0) is 32.2 Å². The number of nitrogens with zero attached hydrogens (tertiary/aromatic N) is 1. The van der Waals surface area contributed by atoms with Crippen LogP contribution in [0.5, 0.6) is 0 Å². The molecule has 0 aromatic rings. The second-order valence-electron chi connectivity index (χ2n) is 2.56. The molecule has 0 saturated carbocycles. The molecule has 0 atom stereocenters. The van der Waals surface area contributed by atoms with E-state index < -0.39 is 0 Å². The van der Waals surface area contributed by atoms with Gasteiger partial charge in [0.25, 0.3) is 0 Å². The average molecular weight is 150 g/mol. The Morgan fingerprint density at radius 1 is 1.64 bits per heavy atom. The molecule has 0 spiro atoms. The Bertz CT molecular complexity index is 202. The van der Waals surface area contributed by atoms with Crippen LogP contribution in [-0.2, 0) is 0 Å². The minimum atomic E-state index is 0.864. The van der Waals surface area contributed by atoms with Gasteiger partial charge in [-0.2, -0.15) is 0 Å². The van der Waals surface area contributed by atoms with E-state index in [0.717, 1.165) is 25.2 Å². The number of rotatable bonds is 2. The molecule has 11 heavy (non-hydrogen) atoms. The highest BCUT2D eigenvalue weighted by molar-refractivity contribution is 5.36. The number of hydrogen-bond donors (Lipinski definition) is 1. The van der Waals surface area contributed by atoms with E-state index in [1.807, 2.05) is 13.0 Å². The first kappa shape index (κ1) is 8.21. The smallest absolute Gasteiger partial charge is 0.0566 e. The predicted molar refractivity (Wildman–Crippen MR) is 48.9 cm³/mol. The van der Waals surface area contributed by atoms with Gasteiger partial charge in [-0.3, -0.25) is 4.99 Å². The molecule has 2 nitrogen and oxygen atoms in total. The summed E-state index contributed by atoms with van der Waals surface area (Å²) in [5.74, 6) is 0. The zero-order chi connectivity index (χ0) is 8.10. The average Bonchev–Trinajstić information content (AvgIpc) is 2.06. The van der Waals surface area contributed by atoms with E-state index in [9.17, 15) is 0 Å². The SMILES string of the molecule is C=NC1=C(/C=C\C)CCNC1. The fraction of sp³-hybridized carbons (Fsp3) is 0.444. The van der Waals surface area contributed by atoms with E-state index in [4.69, 9.17) is 0 Å². The van der Waals surface area contributed by atoms with Gasteiger partial charge in [0.05, 0.1) is 5.70 Å². The largest absolute Gasteiger partial charge is 0.311 e. The topological polar surface area (TPSA) is 24.4 Å². The molecule has 0 saturated heterocycles. The van der Waals surface area contributed by atoms with Crippen LogP contribution >= 0.6 is 0 Å². The van der Waals surface area contributed by atoms with E-state index in [0.29, 0.717) is 0 Å². The number of nitrogens with one attached hydrogen (secondary N) is 1. The summed E-state index contributed by atoms with van der Waals surface area (Å²) in [7, 11) is 0. The van der Waals surface area contributed by atoms with Gasteiger partial charge in [-0.1, -0.05) is 12.2 Å². The van der Waals surface area contributed by atoms with Crippen LogP contribution in [-0.4, -0.2) is 19.8 Å². The molecule has 0 aromatic carbocycles. The fourth-order valence-electron chi connectivity index (χ4n) is 1.23. The number of hydrogen-bond acceptors (Lipinski definition) is 2. The van der Waals surface area contributed by atoms with Crippen molar-refractivity contribution in [3.63, 3.8) is 0 Å². The molecule has 1 heterocycles. The fourth-order valence-corrected chi connectivity index (χ4v) is 1.23. The van der Waals surface area contributed by atoms with Crippen LogP contribution in [0.2, 0.25) is 0 Å². The molecule has 1 aliphatic rings. The summed E-state index contributed by atoms with van der Waals surface area (Å²) in [5.41, 5.74) is 2.41. The normalized spacial score (nSPS) is 19.4. The number of allylic oxidation sites excluding steroid dienone is 2. The lowest BCUT2D eigenvalue weighted by Gasteiger charge is -2.15. The minimum absolute atomic E-state index is 0.864. The van der Waals surface area contributed by atoms with Crippen molar-refractivity contribution in [2.45, 2.75) is 13.3 Å². The Morgan fingerprint density at radius 2 is 2.45 bits per heavy atom. The molecule has 1 rings (SSSR count). The van der Waals surface area contributed by atoms with Crippen LogP contribution in [0, 0.1) is 0 Å². The lowest BCUT2D eigenvalue weighted by Crippen LogP contribution is -2.23. The van der Waals surface area contributed by atoms with Gasteiger partial charge >= 0.3 is 0 Å². The molecule has 1 aliphatic heterocycles. The summed E-state index contributed by atoms with van der Waals surface area (Å²) in [6, 6.07) is 0. The molecule has 0 aromatic heterocycles. The Kier molecular flexibility index (Phi) is 3.05. The van der Waals surface area contributed by atoms with Crippen molar-refractivity contribution in [2.75, 3.05) is 13.1 Å². The molecule has 0 bridgehead atoms. The molecule has 60 valence electrons. The summed E-state index contributed by atoms with van der Waals surface area (Å²) < 4.78 is 0. The van der Waals surface area contributed by atoms with Gasteiger partial charge < -0.3 is 5.32 Å². The van der Waals surface area contributed by atoms with Crippen molar-refractivity contribution in [3.8, 4) is 0 Å². The van der Waals surface area contributed by atoms with Crippen LogP contribution < -0.4 is 5.32 Å². The second kappa shape index (κ2) is 4.09. The molecular formula is C9H14N2. The lowest BCUT2D eigenvalue weighted by atomic mass is 10.1. The Morgan fingerprint density at radius 3 is 3.09 bits per heavy atom. The first-order valence-corrected chi connectivity index (χ1v) is 3.90. The van der Waals surface area contributed by atoms with E-state index in [1.54, 1.807) is 0 Å². The van der Waals surface area contributed by atoms with E-state index >= 15 is 0 Å². The first-order valence-electron chi connectivity index (χ1n) is 3.90. The standard InChI is InChI=1S/C9H14N2/c1-3-4-8-5-6-11-7-9(8)10-2/h3-4,11H,2,5-7H2,1H3/b4-3-. The first-order chi connectivity index (χ1) is 5.38. The molecule has 0 amide bonds. The van der Waals surface area contributed by atoms with E-state index in [2.05, 4.69) is 23.1 Å². The van der Waals surface area contributed by atoms with Gasteiger partial charge in [0.1, 0.15) is 0 Å². The predicted octanol–water partition coefficient (Wildman–Crippen LogP) is 1.51. The maximum absolute atomic E-state index is 3.96. The van der Waals surface area contributed by atoms with Crippen molar-refractivity contribution in [3.05, 3.63) is 23.4 Å². The van der Waals surface area contributed by atoms with Crippen LogP contribution in [0.3, 0.4) is 0 Å². The summed E-state index contributed by atoms with van der Waals surface area (Å²) in [5, 5.41) is 3.25. The maximum Gasteiger partial charge on any atom is 0.0566 e. The Hall–Kier alpha value is -0.890. The molecule has 0 aliphatic carbocycles. The van der Waals surface area contributed by atoms with Crippen molar-refractivity contribution < 1.29 is 0 Å². The third kappa shape index (κ3) is 2.02. The Balaban J connectivity index is 2.81. The molecule has 0 radical (unpaired) electrons. The van der Waals surface area contributed by atoms with Crippen LogP contribution in [0.1, 0.15) is 13.3 Å². The van der Waals surface area contributed by atoms with Gasteiger partial charge in [0.2, 0.25) is 0 Å². The highest BCUT2D eigenvalue weighted by atomic mass is 14.9. The molecular weight excluding hydrogens is 136 g/mol. The zero-order valence-electron chi connectivity index (χ0n) is 6.93. The molecule has 0 fully saturated rings. The quantitative estimate of drug-likeness (QED) is 0.593. The summed E-state index contributed by atoms with van der Waals surface area (Å²) in [6.07, 6.45) is 5.23. The van der Waals surface area contributed by atoms with Gasteiger partial charge in [-0.25, -0.2) is 0 Å². The molecule has 1 N–H and O–H groups in total. The minimum Gasteiger partial charge on any atom is -0.311 e. The third-order valence-corrected chi connectivity index (χ3v) is 1.79. The summed E-state index contributed by atoms with van der Waals surface area (Å²) >= 11 is 0. The lowest BCUT2D eigenvalue weighted by molar-refractivity contribution is 0.682. The van der Waals surface area contributed by atoms with Gasteiger partial charge in [0, 0.05) is 6.54 Å². The van der Waals surface area contributed by atoms with Crippen LogP contribution in [0.4, 0.5) is 0 Å². The summed E-state index contributed by atoms with van der Waals surface area (Å²) in [4.78, 5) is 3.96. The van der Waals surface area contributed by atoms with E-state index in [-0.39, 0.29) is 0 Å². The van der Waals surface area contributed by atoms with Crippen molar-refractivity contribution in [1.82, 2.24) is 5.32 Å². The van der Waals surface area contributed by atoms with Crippen LogP contribution in [0.15, 0.2) is 28.4 Å². The van der Waals surface area contributed by atoms with Crippen molar-refractivity contribution in [2.24, 2.45) is 4.99 Å². The summed E-state index contributed by atoms with van der Waals surface area (Å²) in [6.45, 7) is 7.48. The maximum atomic E-state index is 3.96. The monoisotopic (exact) mass is 150 g/mol. The van der Waals surface area contributed by atoms with Gasteiger partial charge in [0.15, 0.2) is 0 Å². The van der Waals surface area contributed by atoms with Crippen molar-refractivity contribution in [1.29, 1.82) is 0 Å². The Labute approximate surface area is 67.7 Å². The second-order valence-corrected chi connectivity index (χ2v) is 2.56. The van der Waals surface area contributed by atoms with Crippen molar-refractivity contribution >= 4 is 6.72 Å². The zero-order valence-corrected chi connectivity index (χ0v) is 6.93. The van der Waals surface area contributed by atoms with Gasteiger partial charge in [-0.15, -0.1) is 0 Å².